The summed E-state index contributed by atoms with van der Waals surface area (Å²) >= 11 is 6.11. The molecule has 1 fully saturated rings. The van der Waals surface area contributed by atoms with Crippen LogP contribution in [-0.4, -0.2) is 68.1 Å². The Morgan fingerprint density at radius 2 is 2.00 bits per heavy atom. The van der Waals surface area contributed by atoms with E-state index in [1.165, 1.54) is 0 Å². The summed E-state index contributed by atoms with van der Waals surface area (Å²) in [5.74, 6) is 0.455. The molecule has 1 aromatic carbocycles. The van der Waals surface area contributed by atoms with Crippen LogP contribution in [0.1, 0.15) is 25.3 Å². The monoisotopic (exact) mass is 367 g/mol. The number of carbonyl (C=O) groups is 1. The maximum absolute atomic E-state index is 12.1. The summed E-state index contributed by atoms with van der Waals surface area (Å²) in [4.78, 5) is 17.0. The van der Waals surface area contributed by atoms with Gasteiger partial charge in [-0.2, -0.15) is 0 Å². The fourth-order valence-corrected chi connectivity index (χ4v) is 2.99. The number of ether oxygens (including phenoxy) is 1. The van der Waals surface area contributed by atoms with Gasteiger partial charge < -0.3 is 19.9 Å². The molecule has 1 aliphatic rings. The van der Waals surface area contributed by atoms with Gasteiger partial charge in [-0.1, -0.05) is 17.7 Å². The van der Waals surface area contributed by atoms with Crippen molar-refractivity contribution >= 4 is 17.5 Å². The molecule has 0 spiro atoms. The number of piperazine rings is 1. The summed E-state index contributed by atoms with van der Waals surface area (Å²) in [5, 5.41) is 3.47. The Labute approximate surface area is 156 Å². The predicted molar refractivity (Wildman–Crippen MR) is 102 cm³/mol. The first-order valence-corrected chi connectivity index (χ1v) is 9.45. The van der Waals surface area contributed by atoms with Crippen molar-refractivity contribution in [3.63, 3.8) is 0 Å². The maximum Gasteiger partial charge on any atom is 0.260 e. The summed E-state index contributed by atoms with van der Waals surface area (Å²) in [6, 6.07) is 5.55. The first-order valence-electron chi connectivity index (χ1n) is 9.07. The highest BCUT2D eigenvalue weighted by Crippen LogP contribution is 2.26. The average molecular weight is 368 g/mol. The number of hydrogen-bond acceptors (Lipinski definition) is 4. The van der Waals surface area contributed by atoms with E-state index in [-0.39, 0.29) is 5.91 Å². The highest BCUT2D eigenvalue weighted by atomic mass is 35.5. The molecule has 1 aliphatic heterocycles. The Balaban J connectivity index is 1.62. The van der Waals surface area contributed by atoms with E-state index in [2.05, 4.69) is 22.2 Å². The van der Waals surface area contributed by atoms with Crippen LogP contribution in [0.2, 0.25) is 5.02 Å². The largest absolute Gasteiger partial charge is 0.479 e. The molecule has 1 heterocycles. The molecule has 0 aliphatic carbocycles. The third-order valence-electron chi connectivity index (χ3n) is 4.56. The second-order valence-electron chi connectivity index (χ2n) is 6.84. The zero-order chi connectivity index (χ0) is 18.2. The molecule has 0 aromatic heterocycles. The molecule has 0 unspecified atom stereocenters. The van der Waals surface area contributed by atoms with Gasteiger partial charge >= 0.3 is 0 Å². The van der Waals surface area contributed by atoms with Crippen molar-refractivity contribution < 1.29 is 9.53 Å². The first-order chi connectivity index (χ1) is 12.0. The molecule has 1 N–H and O–H groups in total. The predicted octanol–water partition coefficient (Wildman–Crippen LogP) is 2.56. The van der Waals surface area contributed by atoms with E-state index in [4.69, 9.17) is 16.3 Å². The van der Waals surface area contributed by atoms with Gasteiger partial charge in [0.2, 0.25) is 0 Å². The Morgan fingerprint density at radius 3 is 2.72 bits per heavy atom. The van der Waals surface area contributed by atoms with Gasteiger partial charge in [-0.05, 0) is 58.0 Å². The highest BCUT2D eigenvalue weighted by Gasteiger charge is 2.16. The standard InChI is InChI=1S/C19H30ClN3O2/c1-15-6-7-17(20)18(14-15)25-16(2)19(24)21-8-4-5-9-23-12-10-22(3)11-13-23/h6-7,14,16H,4-5,8-13H2,1-3H3,(H,21,24)/t16-/m0/s1. The SMILES string of the molecule is Cc1ccc(Cl)c(O[C@@H](C)C(=O)NCCCCN2CCN(C)CC2)c1. The molecule has 25 heavy (non-hydrogen) atoms. The fraction of sp³-hybridized carbons (Fsp3) is 0.632. The molecule has 6 heteroatoms. The van der Waals surface area contributed by atoms with Crippen LogP contribution in [-0.2, 0) is 4.79 Å². The van der Waals surface area contributed by atoms with Gasteiger partial charge in [0.05, 0.1) is 5.02 Å². The van der Waals surface area contributed by atoms with Crippen molar-refractivity contribution in [2.24, 2.45) is 0 Å². The summed E-state index contributed by atoms with van der Waals surface area (Å²) < 4.78 is 5.69. The lowest BCUT2D eigenvalue weighted by Gasteiger charge is -2.32. The van der Waals surface area contributed by atoms with Crippen LogP contribution >= 0.6 is 11.6 Å². The molecule has 0 bridgehead atoms. The van der Waals surface area contributed by atoms with Crippen molar-refractivity contribution in [1.82, 2.24) is 15.1 Å². The molecular formula is C19H30ClN3O2. The quantitative estimate of drug-likeness (QED) is 0.717. The van der Waals surface area contributed by atoms with E-state index >= 15 is 0 Å². The normalized spacial score (nSPS) is 17.3. The van der Waals surface area contributed by atoms with Crippen molar-refractivity contribution in [1.29, 1.82) is 0 Å². The lowest BCUT2D eigenvalue weighted by Crippen LogP contribution is -2.44. The van der Waals surface area contributed by atoms with E-state index in [9.17, 15) is 4.79 Å². The van der Waals surface area contributed by atoms with Crippen molar-refractivity contribution in [3.05, 3.63) is 28.8 Å². The van der Waals surface area contributed by atoms with Gasteiger partial charge in [-0.3, -0.25) is 4.79 Å². The fourth-order valence-electron chi connectivity index (χ4n) is 2.83. The number of benzene rings is 1. The Bertz CT molecular complexity index is 560. The van der Waals surface area contributed by atoms with Gasteiger partial charge in [0.15, 0.2) is 6.10 Å². The number of halogens is 1. The summed E-state index contributed by atoms with van der Waals surface area (Å²) in [6.07, 6.45) is 1.52. The molecule has 0 saturated carbocycles. The number of hydrogen-bond donors (Lipinski definition) is 1. The van der Waals surface area contributed by atoms with Crippen molar-refractivity contribution in [3.8, 4) is 5.75 Å². The molecule has 1 atom stereocenters. The van der Waals surface area contributed by atoms with Crippen molar-refractivity contribution in [2.75, 3.05) is 46.3 Å². The van der Waals surface area contributed by atoms with E-state index in [0.29, 0.717) is 17.3 Å². The second-order valence-corrected chi connectivity index (χ2v) is 7.24. The number of unbranched alkanes of at least 4 members (excludes halogenated alkanes) is 1. The molecule has 5 nitrogen and oxygen atoms in total. The first kappa shape index (κ1) is 20.0. The smallest absolute Gasteiger partial charge is 0.260 e. The van der Waals surface area contributed by atoms with Crippen LogP contribution in [0.3, 0.4) is 0 Å². The van der Waals surface area contributed by atoms with Gasteiger partial charge in [-0.15, -0.1) is 0 Å². The van der Waals surface area contributed by atoms with Gasteiger partial charge in [0, 0.05) is 32.7 Å². The maximum atomic E-state index is 12.1. The van der Waals surface area contributed by atoms with Crippen molar-refractivity contribution in [2.45, 2.75) is 32.8 Å². The zero-order valence-corrected chi connectivity index (χ0v) is 16.3. The third-order valence-corrected chi connectivity index (χ3v) is 4.87. The number of rotatable bonds is 8. The van der Waals surface area contributed by atoms with E-state index in [1.54, 1.807) is 13.0 Å². The number of nitrogens with zero attached hydrogens (tertiary/aromatic N) is 2. The van der Waals surface area contributed by atoms with Crippen LogP contribution in [0, 0.1) is 6.92 Å². The second kappa shape index (κ2) is 10.00. The van der Waals surface area contributed by atoms with Gasteiger partial charge in [-0.25, -0.2) is 0 Å². The number of aryl methyl sites for hydroxylation is 1. The van der Waals surface area contributed by atoms with Crippen LogP contribution in [0.5, 0.6) is 5.75 Å². The zero-order valence-electron chi connectivity index (χ0n) is 15.6. The van der Waals surface area contributed by atoms with Gasteiger partial charge in [0.25, 0.3) is 5.91 Å². The minimum atomic E-state index is -0.558. The Hall–Kier alpha value is -1.30. The van der Waals surface area contributed by atoms with Gasteiger partial charge in [0.1, 0.15) is 5.75 Å². The molecule has 2 rings (SSSR count). The molecule has 0 radical (unpaired) electrons. The topological polar surface area (TPSA) is 44.8 Å². The van der Waals surface area contributed by atoms with E-state index in [1.807, 2.05) is 19.1 Å². The number of carbonyl (C=O) groups excluding carboxylic acids is 1. The average Bonchev–Trinajstić information content (AvgIpc) is 2.59. The van der Waals surface area contributed by atoms with E-state index < -0.39 is 6.10 Å². The van der Waals surface area contributed by atoms with Crippen LogP contribution in [0.15, 0.2) is 18.2 Å². The summed E-state index contributed by atoms with van der Waals surface area (Å²) in [5.41, 5.74) is 1.05. The van der Waals surface area contributed by atoms with Crippen LogP contribution in [0.25, 0.3) is 0 Å². The molecule has 1 amide bonds. The minimum Gasteiger partial charge on any atom is -0.479 e. The molecule has 1 aromatic rings. The summed E-state index contributed by atoms with van der Waals surface area (Å²) in [7, 11) is 2.17. The number of likely N-dealkylation sites (N-methyl/N-ethyl adjacent to an activating group) is 1. The molecular weight excluding hydrogens is 338 g/mol. The molecule has 140 valence electrons. The number of amides is 1. The summed E-state index contributed by atoms with van der Waals surface area (Å²) in [6.45, 7) is 10.1. The Morgan fingerprint density at radius 1 is 1.28 bits per heavy atom. The van der Waals surface area contributed by atoms with E-state index in [0.717, 1.165) is 51.1 Å². The number of nitrogens with one attached hydrogen (secondary N) is 1. The Kier molecular flexibility index (Phi) is 8.00. The lowest BCUT2D eigenvalue weighted by molar-refractivity contribution is -0.127. The van der Waals surface area contributed by atoms with Crippen LogP contribution in [0.4, 0.5) is 0 Å². The lowest BCUT2D eigenvalue weighted by atomic mass is 10.2. The highest BCUT2D eigenvalue weighted by molar-refractivity contribution is 6.32. The minimum absolute atomic E-state index is 0.0998. The third kappa shape index (κ3) is 6.84. The van der Waals surface area contributed by atoms with Crippen LogP contribution < -0.4 is 10.1 Å². The molecule has 1 saturated heterocycles.